The average Bonchev–Trinajstić information content (AvgIpc) is 2.95. The minimum atomic E-state index is -3.13. The Hall–Kier alpha value is -1.65. The van der Waals surface area contributed by atoms with Gasteiger partial charge < -0.3 is 5.11 Å². The summed E-state index contributed by atoms with van der Waals surface area (Å²) in [6.45, 7) is -6.25. The van der Waals surface area contributed by atoms with E-state index in [1.165, 1.54) is 12.1 Å². The molecule has 0 spiro atoms. The van der Waals surface area contributed by atoms with Crippen LogP contribution in [0.5, 0.6) is 0 Å². The molecule has 3 aromatic rings. The van der Waals surface area contributed by atoms with E-state index >= 15 is 0 Å². The Morgan fingerprint density at radius 1 is 1.25 bits per heavy atom. The average molecular weight is 337 g/mol. The molecule has 0 fully saturated rings. The highest BCUT2D eigenvalue weighted by molar-refractivity contribution is 9.10. The molecular formula is C16H15BrN2O. The minimum absolute atomic E-state index is 0.218. The van der Waals surface area contributed by atoms with E-state index in [1.54, 1.807) is 17.0 Å². The molecule has 3 nitrogen and oxygen atoms in total. The lowest BCUT2D eigenvalue weighted by molar-refractivity contribution is 0.0787. The largest absolute Gasteiger partial charge is 0.386 e. The molecule has 0 bridgehead atoms. The highest BCUT2D eigenvalue weighted by Crippen LogP contribution is 2.26. The fourth-order valence-electron chi connectivity index (χ4n) is 2.07. The van der Waals surface area contributed by atoms with Crippen LogP contribution >= 0.6 is 15.9 Å². The Labute approximate surface area is 134 Å². The van der Waals surface area contributed by atoms with Crippen molar-refractivity contribution in [3.63, 3.8) is 0 Å². The molecule has 1 aromatic heterocycles. The SMILES string of the molecule is [2H]C([2H])([2H])C(O)(c1ccc2c(c1)ncn2-c1cccc(Br)c1)C([2H])([2H])[2H]. The maximum Gasteiger partial charge on any atom is 0.100 e. The first-order valence-electron chi connectivity index (χ1n) is 8.91. The van der Waals surface area contributed by atoms with Gasteiger partial charge in [0, 0.05) is 18.4 Å². The van der Waals surface area contributed by atoms with Crippen LogP contribution in [0.3, 0.4) is 0 Å². The fraction of sp³-hybridized carbons (Fsp3) is 0.188. The molecule has 0 saturated carbocycles. The second-order valence-electron chi connectivity index (χ2n) is 4.51. The maximum absolute atomic E-state index is 10.6. The topological polar surface area (TPSA) is 38.1 Å². The van der Waals surface area contributed by atoms with E-state index in [2.05, 4.69) is 20.9 Å². The Morgan fingerprint density at radius 2 is 2.10 bits per heavy atom. The van der Waals surface area contributed by atoms with Gasteiger partial charge in [-0.15, -0.1) is 0 Å². The van der Waals surface area contributed by atoms with E-state index in [-0.39, 0.29) is 5.56 Å². The van der Waals surface area contributed by atoms with Crippen molar-refractivity contribution in [2.45, 2.75) is 19.3 Å². The highest BCUT2D eigenvalue weighted by Gasteiger charge is 2.17. The number of hydrogen-bond acceptors (Lipinski definition) is 2. The fourth-order valence-corrected chi connectivity index (χ4v) is 2.46. The van der Waals surface area contributed by atoms with E-state index in [4.69, 9.17) is 8.22 Å². The summed E-state index contributed by atoms with van der Waals surface area (Å²) in [5.74, 6) is 0. The Balaban J connectivity index is 2.17. The van der Waals surface area contributed by atoms with Crippen molar-refractivity contribution in [3.05, 3.63) is 58.8 Å². The van der Waals surface area contributed by atoms with Gasteiger partial charge in [0.2, 0.25) is 0 Å². The van der Waals surface area contributed by atoms with Crippen LogP contribution in [0.4, 0.5) is 0 Å². The summed E-state index contributed by atoms with van der Waals surface area (Å²) in [5, 5.41) is 10.6. The zero-order chi connectivity index (χ0) is 19.3. The van der Waals surface area contributed by atoms with Gasteiger partial charge in [-0.05, 0) is 49.6 Å². The van der Waals surface area contributed by atoms with Gasteiger partial charge in [-0.2, -0.15) is 0 Å². The van der Waals surface area contributed by atoms with E-state index < -0.39 is 19.3 Å². The minimum Gasteiger partial charge on any atom is -0.386 e. The van der Waals surface area contributed by atoms with Crippen molar-refractivity contribution < 1.29 is 13.3 Å². The lowest BCUT2D eigenvalue weighted by Crippen LogP contribution is -2.15. The number of aliphatic hydroxyl groups is 1. The first-order valence-corrected chi connectivity index (χ1v) is 6.70. The Kier molecular flexibility index (Phi) is 1.88. The molecule has 0 saturated heterocycles. The molecular weight excluding hydrogens is 316 g/mol. The lowest BCUT2D eigenvalue weighted by Gasteiger charge is -2.17. The number of aromatic nitrogens is 2. The third-order valence-electron chi connectivity index (χ3n) is 3.05. The summed E-state index contributed by atoms with van der Waals surface area (Å²) in [6, 6.07) is 11.7. The number of nitrogens with zero attached hydrogens (tertiary/aromatic N) is 2. The van der Waals surface area contributed by atoms with Crippen LogP contribution in [0.2, 0.25) is 0 Å². The maximum atomic E-state index is 10.6. The quantitative estimate of drug-likeness (QED) is 0.767. The summed E-state index contributed by atoms with van der Waals surface area (Å²) in [6.07, 6.45) is 1.56. The van der Waals surface area contributed by atoms with Crippen molar-refractivity contribution in [1.82, 2.24) is 9.55 Å². The van der Waals surface area contributed by atoms with Crippen LogP contribution < -0.4 is 0 Å². The Morgan fingerprint density at radius 3 is 2.85 bits per heavy atom. The number of benzene rings is 2. The molecule has 3 rings (SSSR count). The number of hydrogen-bond donors (Lipinski definition) is 1. The molecule has 1 N–H and O–H groups in total. The molecule has 102 valence electrons. The smallest absolute Gasteiger partial charge is 0.100 e. The predicted octanol–water partition coefficient (Wildman–Crippen LogP) is 4.02. The predicted molar refractivity (Wildman–Crippen MR) is 84.0 cm³/mol. The zero-order valence-electron chi connectivity index (χ0n) is 16.3. The van der Waals surface area contributed by atoms with Gasteiger partial charge in [0.05, 0.1) is 16.6 Å². The number of rotatable bonds is 2. The van der Waals surface area contributed by atoms with Crippen molar-refractivity contribution in [2.75, 3.05) is 0 Å². The number of fused-ring (bicyclic) bond motifs is 1. The summed E-state index contributed by atoms with van der Waals surface area (Å²) >= 11 is 3.40. The van der Waals surface area contributed by atoms with Crippen LogP contribution in [-0.2, 0) is 5.60 Å². The number of imidazole rings is 1. The molecule has 1 heterocycles. The van der Waals surface area contributed by atoms with Crippen LogP contribution in [0.15, 0.2) is 53.3 Å². The van der Waals surface area contributed by atoms with Gasteiger partial charge in [-0.3, -0.25) is 4.57 Å². The third kappa shape index (κ3) is 2.37. The normalized spacial score (nSPS) is 17.7. The first-order chi connectivity index (χ1) is 11.9. The van der Waals surface area contributed by atoms with E-state index in [0.717, 1.165) is 10.2 Å². The van der Waals surface area contributed by atoms with Crippen molar-refractivity contribution >= 4 is 27.0 Å². The van der Waals surface area contributed by atoms with Crippen LogP contribution in [-0.4, -0.2) is 14.7 Å². The van der Waals surface area contributed by atoms with Gasteiger partial charge in [0.15, 0.2) is 0 Å². The molecule has 0 atom stereocenters. The van der Waals surface area contributed by atoms with Crippen molar-refractivity contribution in [2.24, 2.45) is 0 Å². The summed E-state index contributed by atoms with van der Waals surface area (Å²) in [7, 11) is 0. The molecule has 0 aliphatic heterocycles. The molecule has 0 radical (unpaired) electrons. The monoisotopic (exact) mass is 336 g/mol. The molecule has 0 aliphatic rings. The molecule has 0 amide bonds. The third-order valence-corrected chi connectivity index (χ3v) is 3.54. The van der Waals surface area contributed by atoms with Crippen LogP contribution in [0.25, 0.3) is 16.7 Å². The van der Waals surface area contributed by atoms with Crippen molar-refractivity contribution in [1.29, 1.82) is 0 Å². The van der Waals surface area contributed by atoms with Gasteiger partial charge in [-0.1, -0.05) is 28.1 Å². The van der Waals surface area contributed by atoms with E-state index in [1.807, 2.05) is 24.3 Å². The highest BCUT2D eigenvalue weighted by atomic mass is 79.9. The zero-order valence-corrected chi connectivity index (χ0v) is 11.9. The van der Waals surface area contributed by atoms with Crippen molar-refractivity contribution in [3.8, 4) is 5.69 Å². The lowest BCUT2D eigenvalue weighted by atomic mass is 9.98. The second kappa shape index (κ2) is 4.72. The van der Waals surface area contributed by atoms with Crippen LogP contribution in [0.1, 0.15) is 27.5 Å². The summed E-state index contributed by atoms with van der Waals surface area (Å²) in [4.78, 5) is 4.23. The van der Waals surface area contributed by atoms with Crippen LogP contribution in [0, 0.1) is 0 Å². The molecule has 20 heavy (non-hydrogen) atoms. The molecule has 0 unspecified atom stereocenters. The van der Waals surface area contributed by atoms with Gasteiger partial charge >= 0.3 is 0 Å². The van der Waals surface area contributed by atoms with Gasteiger partial charge in [0.1, 0.15) is 6.33 Å². The first kappa shape index (κ1) is 7.96. The standard InChI is InChI=1S/C16H15BrN2O/c1-16(2,20)11-6-7-15-14(8-11)18-10-19(15)13-5-3-4-12(17)9-13/h3-10,20H,1-2H3/i1D3,2D3. The second-order valence-corrected chi connectivity index (χ2v) is 5.42. The molecule has 0 aliphatic carbocycles. The number of halogens is 1. The van der Waals surface area contributed by atoms with Gasteiger partial charge in [0.25, 0.3) is 0 Å². The Bertz CT molecular complexity index is 949. The summed E-state index contributed by atoms with van der Waals surface area (Å²) in [5.41, 5.74) is -1.32. The molecule has 2 aromatic carbocycles. The summed E-state index contributed by atoms with van der Waals surface area (Å²) < 4.78 is 47.9. The molecule has 4 heteroatoms. The van der Waals surface area contributed by atoms with Gasteiger partial charge in [-0.25, -0.2) is 4.98 Å². The van der Waals surface area contributed by atoms with E-state index in [9.17, 15) is 5.11 Å². The van der Waals surface area contributed by atoms with E-state index in [0.29, 0.717) is 11.0 Å².